The second-order valence-electron chi connectivity index (χ2n) is 6.13. The van der Waals surface area contributed by atoms with Crippen molar-refractivity contribution in [3.63, 3.8) is 0 Å². The fourth-order valence-electron chi connectivity index (χ4n) is 2.70. The summed E-state index contributed by atoms with van der Waals surface area (Å²) < 4.78 is 9.05. The molecule has 4 rings (SSSR count). The predicted octanol–water partition coefficient (Wildman–Crippen LogP) is 3.58. The number of carbonyl (C=O) groups excluding carboxylic acids is 2. The van der Waals surface area contributed by atoms with Gasteiger partial charge in [-0.3, -0.25) is 14.3 Å². The van der Waals surface area contributed by atoms with Crippen molar-refractivity contribution in [2.45, 2.75) is 12.1 Å². The molecule has 0 spiro atoms. The van der Waals surface area contributed by atoms with Crippen molar-refractivity contribution in [1.82, 2.24) is 19.5 Å². The van der Waals surface area contributed by atoms with Gasteiger partial charge in [-0.05, 0) is 55.5 Å². The zero-order chi connectivity index (χ0) is 20.2. The van der Waals surface area contributed by atoms with Crippen LogP contribution >= 0.6 is 11.8 Å². The van der Waals surface area contributed by atoms with Crippen LogP contribution in [-0.2, 0) is 4.79 Å². The van der Waals surface area contributed by atoms with Crippen molar-refractivity contribution in [3.05, 3.63) is 72.8 Å². The highest BCUT2D eigenvalue weighted by Gasteiger charge is 2.18. The molecule has 146 valence electrons. The van der Waals surface area contributed by atoms with Crippen molar-refractivity contribution in [1.29, 1.82) is 0 Å². The van der Waals surface area contributed by atoms with Gasteiger partial charge in [0.2, 0.25) is 16.9 Å². The van der Waals surface area contributed by atoms with E-state index in [1.807, 2.05) is 29.2 Å². The quantitative estimate of drug-likeness (QED) is 0.372. The highest BCUT2D eigenvalue weighted by Crippen LogP contribution is 2.25. The lowest BCUT2D eigenvalue weighted by Gasteiger charge is -2.10. The Morgan fingerprint density at radius 3 is 2.48 bits per heavy atom. The molecule has 3 aromatic heterocycles. The van der Waals surface area contributed by atoms with Crippen molar-refractivity contribution in [3.8, 4) is 11.6 Å². The molecule has 1 amide bonds. The largest absolute Gasteiger partial charge is 0.461 e. The summed E-state index contributed by atoms with van der Waals surface area (Å²) in [5.41, 5.74) is 1.23. The Kier molecular flexibility index (Phi) is 5.30. The van der Waals surface area contributed by atoms with Gasteiger partial charge in [0.25, 0.3) is 0 Å². The van der Waals surface area contributed by atoms with Crippen molar-refractivity contribution in [2.24, 2.45) is 0 Å². The van der Waals surface area contributed by atoms with Gasteiger partial charge >= 0.3 is 0 Å². The molecule has 3 heterocycles. The van der Waals surface area contributed by atoms with E-state index in [0.717, 1.165) is 0 Å². The van der Waals surface area contributed by atoms with Crippen molar-refractivity contribution >= 4 is 29.1 Å². The fourth-order valence-corrected chi connectivity index (χ4v) is 3.43. The highest BCUT2D eigenvalue weighted by molar-refractivity contribution is 7.99. The van der Waals surface area contributed by atoms with Crippen LogP contribution in [0.15, 0.2) is 76.8 Å². The molecule has 29 heavy (non-hydrogen) atoms. The number of hydrogen-bond acceptors (Lipinski definition) is 6. The van der Waals surface area contributed by atoms with Crippen LogP contribution in [0.25, 0.3) is 11.6 Å². The van der Waals surface area contributed by atoms with Crippen LogP contribution in [0.2, 0.25) is 0 Å². The molecular weight excluding hydrogens is 390 g/mol. The Hall–Kier alpha value is -3.59. The topological polar surface area (TPSA) is 95.0 Å². The van der Waals surface area contributed by atoms with E-state index >= 15 is 0 Å². The number of aromatic nitrogens is 4. The molecule has 0 saturated heterocycles. The first-order chi connectivity index (χ1) is 14.1. The van der Waals surface area contributed by atoms with Gasteiger partial charge in [0.05, 0.1) is 12.0 Å². The average Bonchev–Trinajstić information content (AvgIpc) is 3.47. The number of hydrogen-bond donors (Lipinski definition) is 1. The summed E-state index contributed by atoms with van der Waals surface area (Å²) in [5.74, 6) is 1.05. The van der Waals surface area contributed by atoms with Gasteiger partial charge in [0.15, 0.2) is 11.5 Å². The first-order valence-corrected chi connectivity index (χ1v) is 9.77. The normalized spacial score (nSPS) is 10.8. The lowest BCUT2D eigenvalue weighted by Crippen LogP contribution is -2.16. The maximum atomic E-state index is 12.4. The highest BCUT2D eigenvalue weighted by atomic mass is 32.2. The standard InChI is InChI=1S/C20H17N5O3S/c1-14(26)15-6-8-16(9-7-15)21-18(27)13-29-20-23-22-19(17-5-4-12-28-17)25(20)24-10-2-3-11-24/h2-12H,13H2,1H3,(H,21,27). The Bertz CT molecular complexity index is 1120. The third-order valence-electron chi connectivity index (χ3n) is 4.08. The molecule has 0 unspecified atom stereocenters. The first-order valence-electron chi connectivity index (χ1n) is 8.78. The predicted molar refractivity (Wildman–Crippen MR) is 109 cm³/mol. The summed E-state index contributed by atoms with van der Waals surface area (Å²) in [6.45, 7) is 1.50. The van der Waals surface area contributed by atoms with Gasteiger partial charge in [0, 0.05) is 23.6 Å². The van der Waals surface area contributed by atoms with Gasteiger partial charge < -0.3 is 9.73 Å². The molecular formula is C20H17N5O3S. The molecule has 4 aromatic rings. The van der Waals surface area contributed by atoms with Gasteiger partial charge in [-0.2, -0.15) is 0 Å². The minimum Gasteiger partial charge on any atom is -0.461 e. The molecule has 0 aliphatic rings. The first kappa shape index (κ1) is 18.8. The SMILES string of the molecule is CC(=O)c1ccc(NC(=O)CSc2nnc(-c3ccco3)n2-n2cccc2)cc1. The number of nitrogens with zero attached hydrogens (tertiary/aromatic N) is 4. The molecule has 8 nitrogen and oxygen atoms in total. The van der Waals surface area contributed by atoms with Gasteiger partial charge in [0.1, 0.15) is 0 Å². The maximum Gasteiger partial charge on any atom is 0.234 e. The lowest BCUT2D eigenvalue weighted by molar-refractivity contribution is -0.113. The molecule has 0 fully saturated rings. The number of Topliss-reactive ketones (excluding diaryl/α,β-unsaturated/α-hetero) is 1. The smallest absolute Gasteiger partial charge is 0.234 e. The molecule has 1 aromatic carbocycles. The Balaban J connectivity index is 1.48. The number of ketones is 1. The molecule has 9 heteroatoms. The Labute approximate surface area is 170 Å². The van der Waals surface area contributed by atoms with E-state index in [4.69, 9.17) is 4.42 Å². The molecule has 0 atom stereocenters. The number of furan rings is 1. The van der Waals surface area contributed by atoms with Crippen LogP contribution in [-0.4, -0.2) is 37.0 Å². The summed E-state index contributed by atoms with van der Waals surface area (Å²) in [4.78, 5) is 23.7. The minimum absolute atomic E-state index is 0.0184. The summed E-state index contributed by atoms with van der Waals surface area (Å²) in [7, 11) is 0. The second-order valence-corrected chi connectivity index (χ2v) is 7.07. The van der Waals surface area contributed by atoms with Gasteiger partial charge in [-0.15, -0.1) is 10.2 Å². The molecule has 1 N–H and O–H groups in total. The zero-order valence-corrected chi connectivity index (χ0v) is 16.3. The third-order valence-corrected chi connectivity index (χ3v) is 5.00. The van der Waals surface area contributed by atoms with E-state index in [1.54, 1.807) is 47.3 Å². The van der Waals surface area contributed by atoms with E-state index in [9.17, 15) is 9.59 Å². The summed E-state index contributed by atoms with van der Waals surface area (Å²) in [6.07, 6.45) is 5.29. The van der Waals surface area contributed by atoms with Crippen LogP contribution < -0.4 is 5.32 Å². The summed E-state index contributed by atoms with van der Waals surface area (Å²) in [6, 6.07) is 14.1. The molecule has 0 aliphatic carbocycles. The van der Waals surface area contributed by atoms with Crippen LogP contribution in [0.4, 0.5) is 5.69 Å². The molecule has 0 saturated carbocycles. The van der Waals surface area contributed by atoms with E-state index in [0.29, 0.717) is 28.0 Å². The van der Waals surface area contributed by atoms with Crippen molar-refractivity contribution in [2.75, 3.05) is 11.1 Å². The summed E-state index contributed by atoms with van der Waals surface area (Å²) >= 11 is 1.26. The van der Waals surface area contributed by atoms with Crippen LogP contribution in [0, 0.1) is 0 Å². The molecule has 0 aliphatic heterocycles. The van der Waals surface area contributed by atoms with Gasteiger partial charge in [-0.25, -0.2) is 4.68 Å². The van der Waals surface area contributed by atoms with Crippen LogP contribution in [0.5, 0.6) is 0 Å². The summed E-state index contributed by atoms with van der Waals surface area (Å²) in [5, 5.41) is 11.8. The van der Waals surface area contributed by atoms with Crippen molar-refractivity contribution < 1.29 is 14.0 Å². The third kappa shape index (κ3) is 4.14. The van der Waals surface area contributed by atoms with Crippen LogP contribution in [0.1, 0.15) is 17.3 Å². The van der Waals surface area contributed by atoms with Crippen LogP contribution in [0.3, 0.4) is 0 Å². The molecule has 0 bridgehead atoms. The van der Waals surface area contributed by atoms with E-state index in [-0.39, 0.29) is 17.4 Å². The number of nitrogens with one attached hydrogen (secondary N) is 1. The number of rotatable bonds is 7. The molecule has 0 radical (unpaired) electrons. The fraction of sp³-hybridized carbons (Fsp3) is 0.100. The monoisotopic (exact) mass is 407 g/mol. The Morgan fingerprint density at radius 2 is 1.83 bits per heavy atom. The van der Waals surface area contributed by atoms with Gasteiger partial charge in [-0.1, -0.05) is 11.8 Å². The maximum absolute atomic E-state index is 12.4. The number of amides is 1. The zero-order valence-electron chi connectivity index (χ0n) is 15.5. The van der Waals surface area contributed by atoms with E-state index < -0.39 is 0 Å². The minimum atomic E-state index is -0.188. The number of carbonyl (C=O) groups is 2. The van der Waals surface area contributed by atoms with E-state index in [2.05, 4.69) is 15.5 Å². The average molecular weight is 407 g/mol. The number of thioether (sulfide) groups is 1. The second kappa shape index (κ2) is 8.19. The van der Waals surface area contributed by atoms with E-state index in [1.165, 1.54) is 18.7 Å². The number of anilines is 1. The Morgan fingerprint density at radius 1 is 1.07 bits per heavy atom. The lowest BCUT2D eigenvalue weighted by atomic mass is 10.1. The number of benzene rings is 1.